The third-order valence-corrected chi connectivity index (χ3v) is 6.65. The molecule has 8 nitrogen and oxygen atoms in total. The van der Waals surface area contributed by atoms with Crippen LogP contribution in [0.3, 0.4) is 0 Å². The van der Waals surface area contributed by atoms with Gasteiger partial charge < -0.3 is 15.5 Å². The summed E-state index contributed by atoms with van der Waals surface area (Å²) in [7, 11) is 3.96. The van der Waals surface area contributed by atoms with E-state index >= 15 is 0 Å². The molecule has 0 saturated heterocycles. The van der Waals surface area contributed by atoms with E-state index < -0.39 is 0 Å². The first-order chi connectivity index (χ1) is 22.5. The molecule has 0 saturated carbocycles. The monoisotopic (exact) mass is 640 g/mol. The Morgan fingerprint density at radius 3 is 2.49 bits per heavy atom. The molecule has 1 aromatic rings. The van der Waals surface area contributed by atoms with E-state index in [9.17, 15) is 9.59 Å². The molecule has 0 radical (unpaired) electrons. The number of nitrogens with zero attached hydrogens (tertiary/aromatic N) is 4. The van der Waals surface area contributed by atoms with E-state index in [1.165, 1.54) is 5.57 Å². The molecule has 47 heavy (non-hydrogen) atoms. The van der Waals surface area contributed by atoms with Crippen molar-refractivity contribution in [1.82, 2.24) is 14.8 Å². The second kappa shape index (κ2) is 21.7. The molecule has 1 aromatic heterocycles. The highest BCUT2D eigenvalue weighted by atomic mass is 16.2. The van der Waals surface area contributed by atoms with Gasteiger partial charge in [0, 0.05) is 48.0 Å². The minimum atomic E-state index is -0.274. The van der Waals surface area contributed by atoms with E-state index in [4.69, 9.17) is 0 Å². The molecule has 3 rings (SSSR count). The standard InChI is InChI=1S/C21H25N5O2.C16H21N.C2H6.2H2/c1-14(2)21(28)25-18-9-17(10-23-15(18)3)24-20(27)13-26-11-16-7-5-4-6-8-22-19(16)12-26;1-7-10-11-16(12-14(4)8-2)15(9-3)13-17(5)6;1-2;;/h4,6,8-10H,1,5,7,11-13H2,2-3H3,(H,24,27)(H,25,28);7,9-13H,1-3H2,4-6H3;1-2H3;2*1H/b6-4+,22-8?;11-10-,15-13+,16-12+;;;. The van der Waals surface area contributed by atoms with Gasteiger partial charge in [-0.05, 0) is 74.1 Å². The van der Waals surface area contributed by atoms with Gasteiger partial charge in [-0.25, -0.2) is 0 Å². The minimum Gasteiger partial charge on any atom is -0.383 e. The predicted molar refractivity (Wildman–Crippen MR) is 205 cm³/mol. The SMILES string of the molecule is C=C(C)C(=O)Nc1cc(NC(=O)CN2CC3=C(C2)N=C/C=C/CC3)cnc1C.C=C=C(C)/C=C(\C=C/C=C)C(/C=C)=C/N(C)C.CC.[HH].[HH]. The summed E-state index contributed by atoms with van der Waals surface area (Å²) in [6.07, 6.45) is 21.0. The summed E-state index contributed by atoms with van der Waals surface area (Å²) in [4.78, 5) is 37.1. The maximum absolute atomic E-state index is 12.5. The number of allylic oxidation sites excluding steroid dienone is 10. The fourth-order valence-corrected chi connectivity index (χ4v) is 4.32. The molecule has 0 atom stereocenters. The van der Waals surface area contributed by atoms with Crippen LogP contribution in [0.2, 0.25) is 0 Å². The van der Waals surface area contributed by atoms with Gasteiger partial charge in [-0.1, -0.05) is 70.5 Å². The molecular weight excluding hydrogens is 584 g/mol. The number of aromatic nitrogens is 1. The van der Waals surface area contributed by atoms with Gasteiger partial charge in [0.2, 0.25) is 5.91 Å². The summed E-state index contributed by atoms with van der Waals surface area (Å²) in [5, 5.41) is 5.61. The Hall–Kier alpha value is -5.04. The summed E-state index contributed by atoms with van der Waals surface area (Å²) in [6.45, 7) is 25.9. The van der Waals surface area contributed by atoms with Crippen LogP contribution in [-0.4, -0.2) is 66.5 Å². The Kier molecular flexibility index (Phi) is 18.4. The lowest BCUT2D eigenvalue weighted by atomic mass is 10.0. The molecule has 2 amide bonds. The largest absolute Gasteiger partial charge is 0.383 e. The van der Waals surface area contributed by atoms with E-state index in [0.717, 1.165) is 41.8 Å². The van der Waals surface area contributed by atoms with Gasteiger partial charge in [0.25, 0.3) is 5.91 Å². The van der Waals surface area contributed by atoms with Crippen LogP contribution < -0.4 is 10.6 Å². The Morgan fingerprint density at radius 1 is 1.15 bits per heavy atom. The number of rotatable bonds is 11. The first kappa shape index (κ1) is 40.0. The van der Waals surface area contributed by atoms with Crippen LogP contribution in [0.5, 0.6) is 0 Å². The first-order valence-electron chi connectivity index (χ1n) is 15.7. The van der Waals surface area contributed by atoms with E-state index in [1.807, 2.05) is 82.6 Å². The maximum Gasteiger partial charge on any atom is 0.250 e. The van der Waals surface area contributed by atoms with Crippen LogP contribution in [-0.2, 0) is 9.59 Å². The van der Waals surface area contributed by atoms with Gasteiger partial charge in [-0.3, -0.25) is 24.5 Å². The van der Waals surface area contributed by atoms with Crippen LogP contribution in [0.25, 0.3) is 0 Å². The van der Waals surface area contributed by atoms with Crippen molar-refractivity contribution >= 4 is 29.4 Å². The van der Waals surface area contributed by atoms with Crippen LogP contribution in [0.1, 0.15) is 49.1 Å². The quantitative estimate of drug-likeness (QED) is 0.144. The predicted octanol–water partition coefficient (Wildman–Crippen LogP) is 8.37. The van der Waals surface area contributed by atoms with Gasteiger partial charge >= 0.3 is 0 Å². The molecule has 0 unspecified atom stereocenters. The van der Waals surface area contributed by atoms with Crippen molar-refractivity contribution in [1.29, 1.82) is 0 Å². The number of nitrogens with one attached hydrogen (secondary N) is 2. The molecule has 2 N–H and O–H groups in total. The van der Waals surface area contributed by atoms with Crippen molar-refractivity contribution in [3.63, 3.8) is 0 Å². The van der Waals surface area contributed by atoms with Crippen LogP contribution in [0.15, 0.2) is 132 Å². The van der Waals surface area contributed by atoms with Crippen molar-refractivity contribution in [2.75, 3.05) is 44.4 Å². The first-order valence-corrected chi connectivity index (χ1v) is 15.7. The second-order valence-corrected chi connectivity index (χ2v) is 10.9. The third-order valence-electron chi connectivity index (χ3n) is 6.65. The zero-order valence-corrected chi connectivity index (χ0v) is 29.3. The zero-order valence-electron chi connectivity index (χ0n) is 29.3. The van der Waals surface area contributed by atoms with Crippen molar-refractivity contribution in [3.8, 4) is 0 Å². The summed E-state index contributed by atoms with van der Waals surface area (Å²) >= 11 is 0. The molecule has 0 aliphatic carbocycles. The lowest BCUT2D eigenvalue weighted by Crippen LogP contribution is -2.32. The van der Waals surface area contributed by atoms with Gasteiger partial charge in [-0.15, -0.1) is 5.73 Å². The number of anilines is 2. The maximum atomic E-state index is 12.5. The average molecular weight is 641 g/mol. The summed E-state index contributed by atoms with van der Waals surface area (Å²) in [5.74, 6) is -0.399. The average Bonchev–Trinajstić information content (AvgIpc) is 3.40. The van der Waals surface area contributed by atoms with Gasteiger partial charge in [-0.2, -0.15) is 0 Å². The number of hydrogen-bond donors (Lipinski definition) is 2. The topological polar surface area (TPSA) is 89.9 Å². The summed E-state index contributed by atoms with van der Waals surface area (Å²) in [6, 6.07) is 1.71. The molecule has 254 valence electrons. The molecule has 2 aliphatic rings. The number of carbonyl (C=O) groups excluding carboxylic acids is 2. The minimum absolute atomic E-state index is 0. The smallest absolute Gasteiger partial charge is 0.250 e. The van der Waals surface area contributed by atoms with E-state index in [0.29, 0.717) is 29.2 Å². The number of pyridine rings is 1. The van der Waals surface area contributed by atoms with Gasteiger partial charge in [0.05, 0.1) is 35.5 Å². The highest BCUT2D eigenvalue weighted by molar-refractivity contribution is 6.03. The Balaban J connectivity index is 0. The fourth-order valence-electron chi connectivity index (χ4n) is 4.32. The highest BCUT2D eigenvalue weighted by Crippen LogP contribution is 2.24. The van der Waals surface area contributed by atoms with Crippen molar-refractivity contribution in [2.24, 2.45) is 4.99 Å². The van der Waals surface area contributed by atoms with E-state index in [2.05, 4.69) is 63.6 Å². The van der Waals surface area contributed by atoms with E-state index in [1.54, 1.807) is 32.2 Å². The van der Waals surface area contributed by atoms with Crippen molar-refractivity contribution < 1.29 is 12.4 Å². The molecule has 2 aliphatic heterocycles. The molecule has 8 heteroatoms. The lowest BCUT2D eigenvalue weighted by molar-refractivity contribution is -0.117. The molecule has 0 bridgehead atoms. The van der Waals surface area contributed by atoms with Crippen molar-refractivity contribution in [3.05, 3.63) is 132 Å². The summed E-state index contributed by atoms with van der Waals surface area (Å²) in [5.41, 5.74) is 10.5. The zero-order chi connectivity index (χ0) is 35.4. The van der Waals surface area contributed by atoms with E-state index in [-0.39, 0.29) is 21.2 Å². The second-order valence-electron chi connectivity index (χ2n) is 10.9. The Labute approximate surface area is 285 Å². The molecule has 0 fully saturated rings. The number of aryl methyl sites for hydroxylation is 1. The number of carbonyl (C=O) groups is 2. The van der Waals surface area contributed by atoms with Crippen LogP contribution in [0.4, 0.5) is 11.4 Å². The van der Waals surface area contributed by atoms with Crippen LogP contribution in [0, 0.1) is 6.92 Å². The lowest BCUT2D eigenvalue weighted by Gasteiger charge is -2.16. The number of aliphatic imine (C=N–C) groups is 1. The Bertz CT molecular complexity index is 1540. The highest BCUT2D eigenvalue weighted by Gasteiger charge is 2.23. The summed E-state index contributed by atoms with van der Waals surface area (Å²) < 4.78 is 0. The molecule has 0 aromatic carbocycles. The normalized spacial score (nSPS) is 15.0. The third kappa shape index (κ3) is 14.7. The van der Waals surface area contributed by atoms with Gasteiger partial charge in [0.1, 0.15) is 0 Å². The number of hydrogen-bond acceptors (Lipinski definition) is 6. The molecular formula is C39H56N6O2. The van der Waals surface area contributed by atoms with Crippen LogP contribution >= 0.6 is 0 Å². The number of amides is 2. The molecule has 0 spiro atoms. The van der Waals surface area contributed by atoms with Gasteiger partial charge in [0.15, 0.2) is 0 Å². The van der Waals surface area contributed by atoms with Crippen molar-refractivity contribution in [2.45, 2.75) is 47.5 Å². The fraction of sp³-hybridized carbons (Fsp3) is 0.308. The molecule has 3 heterocycles. The Morgan fingerprint density at radius 2 is 1.87 bits per heavy atom.